The number of aromatic nitrogens is 1. The van der Waals surface area contributed by atoms with Gasteiger partial charge in [-0.2, -0.15) is 13.2 Å². The molecule has 0 fully saturated rings. The maximum Gasteiger partial charge on any atom is 0.490 e. The molecule has 22 heteroatoms. The molecular formula is C40H47BrF5N5O11. The van der Waals surface area contributed by atoms with Crippen molar-refractivity contribution in [3.05, 3.63) is 83.7 Å². The van der Waals surface area contributed by atoms with Gasteiger partial charge in [-0.3, -0.25) is 24.0 Å². The molecule has 340 valence electrons. The number of nitrogens with two attached hydrogens (primary N) is 1. The molecule has 3 amide bonds. The first-order chi connectivity index (χ1) is 28.8. The Kier molecular flexibility index (Phi) is 19.8. The predicted molar refractivity (Wildman–Crippen MR) is 214 cm³/mol. The number of aliphatic hydroxyl groups excluding tert-OH is 1. The molecule has 62 heavy (non-hydrogen) atoms. The van der Waals surface area contributed by atoms with Gasteiger partial charge >= 0.3 is 24.1 Å². The third kappa shape index (κ3) is 16.3. The minimum atomic E-state index is -5.08. The molecule has 0 bridgehead atoms. The van der Waals surface area contributed by atoms with Crippen LogP contribution >= 0.6 is 15.9 Å². The first-order valence-electron chi connectivity index (χ1n) is 18.6. The number of carboxylic acids is 3. The summed E-state index contributed by atoms with van der Waals surface area (Å²) in [5.41, 5.74) is 7.16. The highest BCUT2D eigenvalue weighted by atomic mass is 79.9. The van der Waals surface area contributed by atoms with Gasteiger partial charge in [-0.15, -0.1) is 0 Å². The summed E-state index contributed by atoms with van der Waals surface area (Å²) in [5, 5.41) is 40.5. The lowest BCUT2D eigenvalue weighted by atomic mass is 9.82. The van der Waals surface area contributed by atoms with Gasteiger partial charge in [-0.1, -0.05) is 67.0 Å². The van der Waals surface area contributed by atoms with E-state index < -0.39 is 115 Å². The number of rotatable bonds is 20. The molecule has 2 aromatic carbocycles. The van der Waals surface area contributed by atoms with Crippen molar-refractivity contribution in [3.63, 3.8) is 0 Å². The number of amides is 3. The Balaban J connectivity index is 0.00000173. The summed E-state index contributed by atoms with van der Waals surface area (Å²) in [7, 11) is 0. The van der Waals surface area contributed by atoms with Gasteiger partial charge in [-0.25, -0.2) is 18.4 Å². The van der Waals surface area contributed by atoms with E-state index in [-0.39, 0.29) is 30.4 Å². The van der Waals surface area contributed by atoms with Gasteiger partial charge in [0.1, 0.15) is 24.3 Å². The number of Topliss-reactive ketones (excluding diaryl/α,β-unsaturated/α-hetero) is 1. The van der Waals surface area contributed by atoms with E-state index in [2.05, 4.69) is 26.6 Å². The molecule has 16 nitrogen and oxygen atoms in total. The van der Waals surface area contributed by atoms with E-state index in [1.807, 2.05) is 51.1 Å². The number of hydrogen-bond acceptors (Lipinski definition) is 9. The predicted octanol–water partition coefficient (Wildman–Crippen LogP) is 4.01. The largest absolute Gasteiger partial charge is 0.490 e. The van der Waals surface area contributed by atoms with Crippen LogP contribution in [0.1, 0.15) is 63.8 Å². The zero-order chi connectivity index (χ0) is 47.1. The molecule has 0 radical (unpaired) electrons. The first-order valence-corrected chi connectivity index (χ1v) is 19.7. The first kappa shape index (κ1) is 52.4. The molecule has 0 aliphatic heterocycles. The minimum Gasteiger partial charge on any atom is -0.481 e. The maximum atomic E-state index is 15.0. The van der Waals surface area contributed by atoms with Crippen molar-refractivity contribution in [2.45, 2.75) is 83.3 Å². The van der Waals surface area contributed by atoms with Gasteiger partial charge in [0.05, 0.1) is 29.9 Å². The molecule has 0 saturated heterocycles. The number of nitrogens with one attached hydrogen (secondary N) is 2. The van der Waals surface area contributed by atoms with Crippen LogP contribution in [0, 0.1) is 17.0 Å². The monoisotopic (exact) mass is 947 g/mol. The van der Waals surface area contributed by atoms with Crippen LogP contribution < -0.4 is 16.4 Å². The molecule has 0 aliphatic rings. The Morgan fingerprint density at radius 1 is 0.887 bits per heavy atom. The number of hydrogen-bond donors (Lipinski definition) is 7. The van der Waals surface area contributed by atoms with Crippen molar-refractivity contribution >= 4 is 57.3 Å². The number of benzene rings is 2. The highest BCUT2D eigenvalue weighted by molar-refractivity contribution is 9.09. The van der Waals surface area contributed by atoms with Crippen LogP contribution in [0.25, 0.3) is 11.1 Å². The van der Waals surface area contributed by atoms with Gasteiger partial charge in [0, 0.05) is 42.5 Å². The number of carboxylic acid groups (broad SMARTS) is 3. The molecule has 0 saturated carbocycles. The second-order valence-corrected chi connectivity index (χ2v) is 15.4. The lowest BCUT2D eigenvalue weighted by molar-refractivity contribution is -0.192. The topological polar surface area (TPSA) is 259 Å². The highest BCUT2D eigenvalue weighted by Gasteiger charge is 2.39. The van der Waals surface area contributed by atoms with E-state index in [0.717, 1.165) is 23.8 Å². The van der Waals surface area contributed by atoms with Crippen molar-refractivity contribution in [1.82, 2.24) is 20.1 Å². The number of aliphatic carboxylic acids is 3. The third-order valence-electron chi connectivity index (χ3n) is 9.01. The summed E-state index contributed by atoms with van der Waals surface area (Å²) in [6, 6.07) is 8.79. The number of ketones is 1. The molecule has 1 heterocycles. The summed E-state index contributed by atoms with van der Waals surface area (Å²) in [4.78, 5) is 84.6. The van der Waals surface area contributed by atoms with Crippen molar-refractivity contribution in [3.8, 4) is 11.1 Å². The number of alkyl halides is 4. The molecule has 0 spiro atoms. The second kappa shape index (κ2) is 23.5. The zero-order valence-corrected chi connectivity index (χ0v) is 35.2. The van der Waals surface area contributed by atoms with Crippen LogP contribution in [0.2, 0.25) is 0 Å². The van der Waals surface area contributed by atoms with Gasteiger partial charge in [0.2, 0.25) is 17.7 Å². The van der Waals surface area contributed by atoms with E-state index in [9.17, 15) is 56.5 Å². The van der Waals surface area contributed by atoms with Crippen molar-refractivity contribution in [2.24, 2.45) is 11.1 Å². The molecular weight excluding hydrogens is 901 g/mol. The summed E-state index contributed by atoms with van der Waals surface area (Å²) in [5.74, 6) is -9.98. The Morgan fingerprint density at radius 2 is 1.50 bits per heavy atom. The van der Waals surface area contributed by atoms with E-state index in [1.54, 1.807) is 16.8 Å². The fourth-order valence-electron chi connectivity index (χ4n) is 6.16. The molecule has 3 aromatic rings. The fourth-order valence-corrected chi connectivity index (χ4v) is 6.32. The van der Waals surface area contributed by atoms with E-state index in [1.165, 1.54) is 4.90 Å². The average molecular weight is 949 g/mol. The number of nitrogens with zero attached hydrogens (tertiary/aromatic N) is 2. The van der Waals surface area contributed by atoms with Crippen LogP contribution in [-0.2, 0) is 40.1 Å². The number of carbonyl (C=O) groups is 7. The standard InChI is InChI=1S/C38H46BrF2N5O9.C2HF3O2/c1-38(2,3)35(30-15-23(25-16-24(40)9-10-26(25)41)20-45(30)19-22-7-5-4-6-8-22)46(33(50)21-47)14-13-27(42)36(53)44-28(37(54)55)11-12-31(48)29(17-34(51)52)43-32(49)18-39;3-2(4,5)1(6)7/h4-10,15-16,20,27-29,35,47H,11-14,17-19,21,42H2,1-3H3,(H,43,49)(H,44,53)(H,51,52)(H,54,55);(H,6,7)/t27-,28+,29-,35-;/m0./s1. The maximum absolute atomic E-state index is 15.0. The molecule has 3 rings (SSSR count). The highest BCUT2D eigenvalue weighted by Crippen LogP contribution is 2.41. The van der Waals surface area contributed by atoms with Crippen molar-refractivity contribution < 1.29 is 75.9 Å². The number of aliphatic hydroxyl groups is 1. The lowest BCUT2D eigenvalue weighted by Crippen LogP contribution is -2.51. The summed E-state index contributed by atoms with van der Waals surface area (Å²) in [6.07, 6.45) is -5.31. The number of carbonyl (C=O) groups excluding carboxylic acids is 4. The lowest BCUT2D eigenvalue weighted by Gasteiger charge is -2.41. The van der Waals surface area contributed by atoms with Gasteiger partial charge in [0.25, 0.3) is 0 Å². The smallest absolute Gasteiger partial charge is 0.481 e. The van der Waals surface area contributed by atoms with E-state index >= 15 is 4.39 Å². The average Bonchev–Trinajstić information content (AvgIpc) is 3.59. The van der Waals surface area contributed by atoms with Gasteiger partial charge in [-0.05, 0) is 48.1 Å². The van der Waals surface area contributed by atoms with E-state index in [0.29, 0.717) is 11.3 Å². The quantitative estimate of drug-likeness (QED) is 0.0627. The fraction of sp³-hybridized carbons (Fsp3) is 0.425. The molecule has 0 aliphatic carbocycles. The molecule has 8 N–H and O–H groups in total. The van der Waals surface area contributed by atoms with Gasteiger partial charge in [0.15, 0.2) is 5.78 Å². The Labute approximate surface area is 360 Å². The van der Waals surface area contributed by atoms with E-state index in [4.69, 9.17) is 20.7 Å². The van der Waals surface area contributed by atoms with Crippen molar-refractivity contribution in [1.29, 1.82) is 0 Å². The molecule has 4 atom stereocenters. The summed E-state index contributed by atoms with van der Waals surface area (Å²) in [6.45, 7) is 4.70. The van der Waals surface area contributed by atoms with Crippen LogP contribution in [0.3, 0.4) is 0 Å². The van der Waals surface area contributed by atoms with Crippen molar-refractivity contribution in [2.75, 3.05) is 18.5 Å². The number of halogens is 6. The molecule has 0 unspecified atom stereocenters. The Bertz CT molecular complexity index is 2060. The Morgan fingerprint density at radius 3 is 2.02 bits per heavy atom. The van der Waals surface area contributed by atoms with Crippen LogP contribution in [-0.4, -0.2) is 114 Å². The summed E-state index contributed by atoms with van der Waals surface area (Å²) >= 11 is 2.91. The molecule has 1 aromatic heterocycles. The van der Waals surface area contributed by atoms with Crippen LogP contribution in [0.15, 0.2) is 60.8 Å². The Hall–Kier alpha value is -5.74. The minimum absolute atomic E-state index is 0.00442. The SMILES string of the molecule is CC(C)(C)[C@H](c1cc(-c2cc(F)ccc2F)cn1Cc1ccccc1)N(CC[C@H](N)C(=O)N[C@H](CCC(=O)[C@H](CC(=O)O)NC(=O)CBr)C(=O)O)C(=O)CO.O=C(O)C(F)(F)F. The second-order valence-electron chi connectivity index (χ2n) is 14.9. The normalized spacial score (nSPS) is 13.3. The van der Waals surface area contributed by atoms with Crippen LogP contribution in [0.5, 0.6) is 0 Å². The summed E-state index contributed by atoms with van der Waals surface area (Å²) < 4.78 is 62.9. The van der Waals surface area contributed by atoms with Gasteiger partial charge < -0.3 is 46.3 Å². The zero-order valence-electron chi connectivity index (χ0n) is 33.6. The third-order valence-corrected chi connectivity index (χ3v) is 9.52. The van der Waals surface area contributed by atoms with Crippen LogP contribution in [0.4, 0.5) is 22.0 Å².